The minimum atomic E-state index is -0.105. The molecule has 0 saturated carbocycles. The van der Waals surface area contributed by atoms with E-state index >= 15 is 0 Å². The summed E-state index contributed by atoms with van der Waals surface area (Å²) in [6.07, 6.45) is 2.42. The van der Waals surface area contributed by atoms with Crippen LogP contribution in [0.15, 0.2) is 29.6 Å². The summed E-state index contributed by atoms with van der Waals surface area (Å²) >= 11 is 1.48. The zero-order valence-corrected chi connectivity index (χ0v) is 16.3. The van der Waals surface area contributed by atoms with Gasteiger partial charge in [-0.1, -0.05) is 0 Å². The Morgan fingerprint density at radius 1 is 1.38 bits per heavy atom. The highest BCUT2D eigenvalue weighted by Crippen LogP contribution is 2.26. The molecule has 0 radical (unpaired) electrons. The van der Waals surface area contributed by atoms with Gasteiger partial charge in [0.2, 0.25) is 0 Å². The van der Waals surface area contributed by atoms with Gasteiger partial charge >= 0.3 is 0 Å². The van der Waals surface area contributed by atoms with Crippen LogP contribution in [0.25, 0.3) is 10.6 Å². The molecule has 0 unspecified atom stereocenters. The van der Waals surface area contributed by atoms with E-state index in [0.717, 1.165) is 35.8 Å². The minimum Gasteiger partial charge on any atom is -0.491 e. The molecule has 0 aliphatic carbocycles. The molecule has 0 spiro atoms. The summed E-state index contributed by atoms with van der Waals surface area (Å²) in [6.45, 7) is 7.54. The Balaban J connectivity index is 1.57. The Morgan fingerprint density at radius 3 is 2.85 bits per heavy atom. The second-order valence-electron chi connectivity index (χ2n) is 7.01. The van der Waals surface area contributed by atoms with Crippen LogP contribution in [0.2, 0.25) is 0 Å². The summed E-state index contributed by atoms with van der Waals surface area (Å²) in [6, 6.07) is 7.81. The van der Waals surface area contributed by atoms with E-state index < -0.39 is 0 Å². The van der Waals surface area contributed by atoms with Gasteiger partial charge < -0.3 is 14.8 Å². The van der Waals surface area contributed by atoms with E-state index in [-0.39, 0.29) is 18.1 Å². The SMILES string of the molecule is CC(C)Oc1ccc(-c2nc(C(=O)NC[C@H]3CCO[C@@H](C)C3)cs2)cc1. The monoisotopic (exact) mass is 374 g/mol. The van der Waals surface area contributed by atoms with Gasteiger partial charge in [-0.15, -0.1) is 11.3 Å². The van der Waals surface area contributed by atoms with Crippen LogP contribution < -0.4 is 10.1 Å². The van der Waals surface area contributed by atoms with E-state index in [4.69, 9.17) is 9.47 Å². The van der Waals surface area contributed by atoms with Gasteiger partial charge in [-0.3, -0.25) is 4.79 Å². The van der Waals surface area contributed by atoms with Crippen molar-refractivity contribution >= 4 is 17.2 Å². The number of ether oxygens (including phenoxy) is 2. The van der Waals surface area contributed by atoms with Crippen LogP contribution in [0.4, 0.5) is 0 Å². The average Bonchev–Trinajstić information content (AvgIpc) is 3.10. The Hall–Kier alpha value is -1.92. The van der Waals surface area contributed by atoms with Gasteiger partial charge in [-0.2, -0.15) is 0 Å². The number of benzene rings is 1. The molecule has 2 aromatic rings. The van der Waals surface area contributed by atoms with Crippen molar-refractivity contribution in [1.29, 1.82) is 0 Å². The van der Waals surface area contributed by atoms with E-state index in [0.29, 0.717) is 18.2 Å². The molecule has 1 aromatic carbocycles. The minimum absolute atomic E-state index is 0.105. The van der Waals surface area contributed by atoms with E-state index in [1.807, 2.05) is 43.5 Å². The molecule has 6 heteroatoms. The molecule has 1 aliphatic heterocycles. The maximum Gasteiger partial charge on any atom is 0.270 e. The second-order valence-corrected chi connectivity index (χ2v) is 7.87. The lowest BCUT2D eigenvalue weighted by molar-refractivity contribution is 0.00301. The van der Waals surface area contributed by atoms with Crippen LogP contribution in [0.5, 0.6) is 5.75 Å². The predicted molar refractivity (Wildman–Crippen MR) is 104 cm³/mol. The normalized spacial score (nSPS) is 20.2. The van der Waals surface area contributed by atoms with Crippen molar-refractivity contribution in [3.05, 3.63) is 35.3 Å². The number of hydrogen-bond donors (Lipinski definition) is 1. The molecule has 5 nitrogen and oxygen atoms in total. The molecule has 0 bridgehead atoms. The lowest BCUT2D eigenvalue weighted by Gasteiger charge is -2.27. The summed E-state index contributed by atoms with van der Waals surface area (Å²) in [5.41, 5.74) is 1.47. The van der Waals surface area contributed by atoms with Crippen molar-refractivity contribution in [2.24, 2.45) is 5.92 Å². The first kappa shape index (κ1) is 18.9. The quantitative estimate of drug-likeness (QED) is 0.825. The Kier molecular flexibility index (Phi) is 6.27. The highest BCUT2D eigenvalue weighted by molar-refractivity contribution is 7.13. The third-order valence-electron chi connectivity index (χ3n) is 4.35. The van der Waals surface area contributed by atoms with Crippen LogP contribution in [-0.4, -0.2) is 36.3 Å². The molecule has 1 N–H and O–H groups in total. The largest absolute Gasteiger partial charge is 0.491 e. The maximum absolute atomic E-state index is 12.4. The number of nitrogens with zero attached hydrogens (tertiary/aromatic N) is 1. The molecule has 26 heavy (non-hydrogen) atoms. The summed E-state index contributed by atoms with van der Waals surface area (Å²) in [7, 11) is 0. The molecule has 3 rings (SSSR count). The van der Waals surface area contributed by atoms with Gasteiger partial charge in [0, 0.05) is 24.1 Å². The Bertz CT molecular complexity index is 727. The summed E-state index contributed by atoms with van der Waals surface area (Å²) < 4.78 is 11.2. The van der Waals surface area contributed by atoms with E-state index in [2.05, 4.69) is 17.2 Å². The van der Waals surface area contributed by atoms with Gasteiger partial charge in [0.25, 0.3) is 5.91 Å². The Labute approximate surface area is 158 Å². The molecule has 1 aromatic heterocycles. The number of carbonyl (C=O) groups is 1. The summed E-state index contributed by atoms with van der Waals surface area (Å²) in [5.74, 6) is 1.21. The number of nitrogens with one attached hydrogen (secondary N) is 1. The van der Waals surface area contributed by atoms with Crippen molar-refractivity contribution < 1.29 is 14.3 Å². The first-order chi connectivity index (χ1) is 12.5. The van der Waals surface area contributed by atoms with Crippen LogP contribution in [0.1, 0.15) is 44.1 Å². The maximum atomic E-state index is 12.4. The number of hydrogen-bond acceptors (Lipinski definition) is 5. The average molecular weight is 375 g/mol. The van der Waals surface area contributed by atoms with Crippen molar-refractivity contribution in [1.82, 2.24) is 10.3 Å². The standard InChI is InChI=1S/C20H26N2O3S/c1-13(2)25-17-6-4-16(5-7-17)20-22-18(12-26-20)19(23)21-11-15-8-9-24-14(3)10-15/h4-7,12-15H,8-11H2,1-3H3,(H,21,23)/t14-,15-/m0/s1. The van der Waals surface area contributed by atoms with Gasteiger partial charge in [0.15, 0.2) is 0 Å². The molecular weight excluding hydrogens is 348 g/mol. The van der Waals surface area contributed by atoms with Gasteiger partial charge in [0.1, 0.15) is 16.5 Å². The predicted octanol–water partition coefficient (Wildman–Crippen LogP) is 4.14. The fourth-order valence-electron chi connectivity index (χ4n) is 3.06. The highest BCUT2D eigenvalue weighted by atomic mass is 32.1. The lowest BCUT2D eigenvalue weighted by atomic mass is 9.96. The molecule has 1 amide bonds. The summed E-state index contributed by atoms with van der Waals surface area (Å²) in [4.78, 5) is 16.9. The smallest absolute Gasteiger partial charge is 0.270 e. The number of amides is 1. The summed E-state index contributed by atoms with van der Waals surface area (Å²) in [5, 5.41) is 5.67. The third kappa shape index (κ3) is 5.05. The Morgan fingerprint density at radius 2 is 2.15 bits per heavy atom. The van der Waals surface area contributed by atoms with Crippen LogP contribution in [-0.2, 0) is 4.74 Å². The van der Waals surface area contributed by atoms with Crippen molar-refractivity contribution in [3.63, 3.8) is 0 Å². The first-order valence-electron chi connectivity index (χ1n) is 9.13. The number of aromatic nitrogens is 1. The van der Waals surface area contributed by atoms with Gasteiger partial charge in [-0.25, -0.2) is 4.98 Å². The van der Waals surface area contributed by atoms with Gasteiger partial charge in [0.05, 0.1) is 12.2 Å². The van der Waals surface area contributed by atoms with Gasteiger partial charge in [-0.05, 0) is 63.8 Å². The fourth-order valence-corrected chi connectivity index (χ4v) is 3.87. The molecule has 2 heterocycles. The molecule has 2 atom stereocenters. The molecule has 1 aliphatic rings. The molecular formula is C20H26N2O3S. The highest BCUT2D eigenvalue weighted by Gasteiger charge is 2.20. The zero-order valence-electron chi connectivity index (χ0n) is 15.5. The van der Waals surface area contributed by atoms with E-state index in [9.17, 15) is 4.79 Å². The van der Waals surface area contributed by atoms with E-state index in [1.165, 1.54) is 11.3 Å². The topological polar surface area (TPSA) is 60.5 Å². The molecule has 1 saturated heterocycles. The zero-order chi connectivity index (χ0) is 18.5. The second kappa shape index (κ2) is 8.64. The van der Waals surface area contributed by atoms with Crippen LogP contribution in [0, 0.1) is 5.92 Å². The lowest BCUT2D eigenvalue weighted by Crippen LogP contribution is -2.34. The van der Waals surface area contributed by atoms with Crippen molar-refractivity contribution in [2.45, 2.75) is 45.8 Å². The number of thiazole rings is 1. The molecule has 140 valence electrons. The number of carbonyl (C=O) groups excluding carboxylic acids is 1. The van der Waals surface area contributed by atoms with Crippen LogP contribution >= 0.6 is 11.3 Å². The van der Waals surface area contributed by atoms with Crippen LogP contribution in [0.3, 0.4) is 0 Å². The fraction of sp³-hybridized carbons (Fsp3) is 0.500. The van der Waals surface area contributed by atoms with Crippen molar-refractivity contribution in [2.75, 3.05) is 13.2 Å². The number of rotatable bonds is 6. The third-order valence-corrected chi connectivity index (χ3v) is 5.25. The first-order valence-corrected chi connectivity index (χ1v) is 10.0. The van der Waals surface area contributed by atoms with Crippen molar-refractivity contribution in [3.8, 4) is 16.3 Å². The molecule has 1 fully saturated rings. The van der Waals surface area contributed by atoms with E-state index in [1.54, 1.807) is 0 Å².